The summed E-state index contributed by atoms with van der Waals surface area (Å²) in [5.41, 5.74) is 10.4. The molecule has 5 heteroatoms. The van der Waals surface area contributed by atoms with Gasteiger partial charge < -0.3 is 16.6 Å². The van der Waals surface area contributed by atoms with Gasteiger partial charge in [-0.05, 0) is 0 Å². The van der Waals surface area contributed by atoms with E-state index < -0.39 is 17.9 Å². The summed E-state index contributed by atoms with van der Waals surface area (Å²) in [6.45, 7) is 1.52. The van der Waals surface area contributed by atoms with Crippen molar-refractivity contribution in [2.24, 2.45) is 17.4 Å². The first-order valence-electron chi connectivity index (χ1n) is 3.70. The summed E-state index contributed by atoms with van der Waals surface area (Å²) in [4.78, 5) is 21.3. The molecule has 0 aromatic carbocycles. The van der Waals surface area contributed by atoms with Gasteiger partial charge in [-0.3, -0.25) is 9.59 Å². The molecule has 0 aliphatic heterocycles. The largest absolute Gasteiger partial charge is 0.481 e. The zero-order valence-corrected chi connectivity index (χ0v) is 6.99. The van der Waals surface area contributed by atoms with E-state index in [4.69, 9.17) is 16.6 Å². The van der Waals surface area contributed by atoms with Gasteiger partial charge in [0.2, 0.25) is 0 Å². The monoisotopic (exact) mass is 174 g/mol. The van der Waals surface area contributed by atoms with Crippen molar-refractivity contribution in [2.75, 3.05) is 6.54 Å². The van der Waals surface area contributed by atoms with E-state index in [9.17, 15) is 9.59 Å². The third kappa shape index (κ3) is 3.45. The number of hydrogen-bond donors (Lipinski definition) is 3. The molecule has 0 unspecified atom stereocenters. The first-order chi connectivity index (χ1) is 5.49. The van der Waals surface area contributed by atoms with E-state index in [1.165, 1.54) is 6.92 Å². The fraction of sp³-hybridized carbons (Fsp3) is 0.714. The van der Waals surface area contributed by atoms with E-state index in [1.807, 2.05) is 0 Å². The van der Waals surface area contributed by atoms with Crippen molar-refractivity contribution in [3.8, 4) is 0 Å². The van der Waals surface area contributed by atoms with Crippen LogP contribution in [0.1, 0.15) is 13.3 Å². The van der Waals surface area contributed by atoms with Gasteiger partial charge in [-0.25, -0.2) is 0 Å². The lowest BCUT2D eigenvalue weighted by atomic mass is 10.0. The number of Topliss-reactive ketones (excluding diaryl/α,β-unsaturated/α-hetero) is 1. The molecule has 0 aromatic rings. The lowest BCUT2D eigenvalue weighted by Crippen LogP contribution is -2.39. The van der Waals surface area contributed by atoms with E-state index in [0.29, 0.717) is 0 Å². The fourth-order valence-electron chi connectivity index (χ4n) is 0.672. The predicted molar refractivity (Wildman–Crippen MR) is 43.5 cm³/mol. The predicted octanol–water partition coefficient (Wildman–Crippen LogP) is -1.05. The van der Waals surface area contributed by atoms with E-state index in [-0.39, 0.29) is 18.7 Å². The Kier molecular flexibility index (Phi) is 4.46. The summed E-state index contributed by atoms with van der Waals surface area (Å²) in [6.07, 6.45) is -0.0479. The van der Waals surface area contributed by atoms with E-state index in [2.05, 4.69) is 0 Å². The highest BCUT2D eigenvalue weighted by Gasteiger charge is 2.19. The van der Waals surface area contributed by atoms with E-state index in [1.54, 1.807) is 0 Å². The second kappa shape index (κ2) is 4.84. The van der Waals surface area contributed by atoms with Crippen LogP contribution >= 0.6 is 0 Å². The Morgan fingerprint density at radius 3 is 2.33 bits per heavy atom. The maximum absolute atomic E-state index is 11.0. The fourth-order valence-corrected chi connectivity index (χ4v) is 0.672. The number of aliphatic carboxylic acids is 1. The van der Waals surface area contributed by atoms with Crippen LogP contribution < -0.4 is 11.5 Å². The molecule has 0 amide bonds. The number of rotatable bonds is 5. The average Bonchev–Trinajstić information content (AvgIpc) is 2.02. The molecule has 0 rings (SSSR count). The van der Waals surface area contributed by atoms with Crippen molar-refractivity contribution >= 4 is 11.8 Å². The summed E-state index contributed by atoms with van der Waals surface area (Å²) in [7, 11) is 0. The van der Waals surface area contributed by atoms with Gasteiger partial charge in [0, 0.05) is 13.0 Å². The molecule has 5 nitrogen and oxygen atoms in total. The Bertz CT molecular complexity index is 181. The third-order valence-corrected chi connectivity index (χ3v) is 1.60. The highest BCUT2D eigenvalue weighted by atomic mass is 16.4. The van der Waals surface area contributed by atoms with Gasteiger partial charge in [0.25, 0.3) is 0 Å². The summed E-state index contributed by atoms with van der Waals surface area (Å²) >= 11 is 0. The number of hydrogen-bond acceptors (Lipinski definition) is 4. The second-order valence-corrected chi connectivity index (χ2v) is 2.75. The van der Waals surface area contributed by atoms with Crippen LogP contribution in [0.2, 0.25) is 0 Å². The van der Waals surface area contributed by atoms with Crippen molar-refractivity contribution in [1.29, 1.82) is 0 Å². The number of nitrogens with two attached hydrogens (primary N) is 2. The van der Waals surface area contributed by atoms with E-state index >= 15 is 0 Å². The molecular formula is C7H14N2O3. The molecule has 0 aromatic heterocycles. The lowest BCUT2D eigenvalue weighted by molar-refractivity contribution is -0.143. The molecule has 0 fully saturated rings. The minimum absolute atomic E-state index is 0.0479. The Morgan fingerprint density at radius 1 is 1.50 bits per heavy atom. The summed E-state index contributed by atoms with van der Waals surface area (Å²) in [5, 5.41) is 8.46. The van der Waals surface area contributed by atoms with Crippen LogP contribution in [0.3, 0.4) is 0 Å². The van der Waals surface area contributed by atoms with Crippen molar-refractivity contribution < 1.29 is 14.7 Å². The highest BCUT2D eigenvalue weighted by Crippen LogP contribution is 2.03. The normalized spacial score (nSPS) is 15.2. The molecule has 0 aliphatic rings. The van der Waals surface area contributed by atoms with Gasteiger partial charge >= 0.3 is 5.97 Å². The molecule has 0 saturated carbocycles. The molecular weight excluding hydrogens is 160 g/mol. The van der Waals surface area contributed by atoms with Crippen LogP contribution in [0.15, 0.2) is 0 Å². The number of carboxylic acid groups (broad SMARTS) is 1. The first kappa shape index (κ1) is 11.1. The maximum atomic E-state index is 11.0. The third-order valence-electron chi connectivity index (χ3n) is 1.60. The number of carbonyl (C=O) groups is 2. The molecule has 12 heavy (non-hydrogen) atoms. The number of carbonyl (C=O) groups excluding carboxylic acids is 1. The summed E-state index contributed by atoms with van der Waals surface area (Å²) in [5.74, 6) is -1.98. The smallest absolute Gasteiger partial charge is 0.306 e. The Morgan fingerprint density at radius 2 is 2.00 bits per heavy atom. The molecule has 70 valence electrons. The minimum atomic E-state index is -0.993. The Labute approximate surface area is 70.7 Å². The molecule has 0 bridgehead atoms. The van der Waals surface area contributed by atoms with Gasteiger partial charge in [-0.2, -0.15) is 0 Å². The minimum Gasteiger partial charge on any atom is -0.481 e. The zero-order chi connectivity index (χ0) is 9.72. The number of ketones is 1. The summed E-state index contributed by atoms with van der Waals surface area (Å²) < 4.78 is 0. The van der Waals surface area contributed by atoms with Crippen LogP contribution in [0.5, 0.6) is 0 Å². The SMILES string of the molecule is C[C@@H](CC(=O)[C@H](N)CN)C(=O)O. The standard InChI is InChI=1S/C7H14N2O3/c1-4(7(11)12)2-6(10)5(9)3-8/h4-5H,2-3,8-9H2,1H3,(H,11,12)/t4-,5+/m0/s1. The lowest BCUT2D eigenvalue weighted by Gasteiger charge is -2.09. The van der Waals surface area contributed by atoms with Gasteiger partial charge in [0.1, 0.15) is 0 Å². The van der Waals surface area contributed by atoms with Gasteiger partial charge in [-0.1, -0.05) is 6.92 Å². The first-order valence-corrected chi connectivity index (χ1v) is 3.70. The molecule has 0 radical (unpaired) electrons. The van der Waals surface area contributed by atoms with Gasteiger partial charge in [0.15, 0.2) is 5.78 Å². The maximum Gasteiger partial charge on any atom is 0.306 e. The van der Waals surface area contributed by atoms with Crippen LogP contribution in [0.25, 0.3) is 0 Å². The van der Waals surface area contributed by atoms with E-state index in [0.717, 1.165) is 0 Å². The molecule has 5 N–H and O–H groups in total. The second-order valence-electron chi connectivity index (χ2n) is 2.75. The molecule has 0 spiro atoms. The number of carboxylic acids is 1. The molecule has 2 atom stereocenters. The van der Waals surface area contributed by atoms with Crippen LogP contribution in [0, 0.1) is 5.92 Å². The van der Waals surface area contributed by atoms with Crippen LogP contribution in [-0.4, -0.2) is 29.4 Å². The Balaban J connectivity index is 3.92. The van der Waals surface area contributed by atoms with Crippen molar-refractivity contribution in [1.82, 2.24) is 0 Å². The molecule has 0 aliphatic carbocycles. The highest BCUT2D eigenvalue weighted by molar-refractivity contribution is 5.87. The van der Waals surface area contributed by atoms with Crippen molar-refractivity contribution in [3.05, 3.63) is 0 Å². The van der Waals surface area contributed by atoms with Crippen molar-refractivity contribution in [2.45, 2.75) is 19.4 Å². The average molecular weight is 174 g/mol. The quantitative estimate of drug-likeness (QED) is 0.493. The van der Waals surface area contributed by atoms with Crippen molar-refractivity contribution in [3.63, 3.8) is 0 Å². The topological polar surface area (TPSA) is 106 Å². The van der Waals surface area contributed by atoms with Gasteiger partial charge in [-0.15, -0.1) is 0 Å². The van der Waals surface area contributed by atoms with Crippen LogP contribution in [-0.2, 0) is 9.59 Å². The van der Waals surface area contributed by atoms with Gasteiger partial charge in [0.05, 0.1) is 12.0 Å². The Hall–Kier alpha value is -0.940. The summed E-state index contributed by atoms with van der Waals surface area (Å²) in [6, 6.07) is -0.730. The van der Waals surface area contributed by atoms with Crippen LogP contribution in [0.4, 0.5) is 0 Å². The molecule has 0 heterocycles. The molecule has 0 saturated heterocycles. The zero-order valence-electron chi connectivity index (χ0n) is 6.99.